The number of nitrogens with zero attached hydrogens (tertiary/aromatic N) is 3. The van der Waals surface area contributed by atoms with Crippen LogP contribution in [0.3, 0.4) is 0 Å². The molecule has 0 saturated carbocycles. The molecule has 0 aliphatic carbocycles. The molecule has 1 unspecified atom stereocenters. The van der Waals surface area contributed by atoms with Gasteiger partial charge in [0.05, 0.1) is 5.02 Å². The molecule has 0 radical (unpaired) electrons. The number of likely N-dealkylation sites (tertiary alicyclic amines) is 1. The standard InChI is InChI=1S/C19H21Cl2N3O3/c1-19(10-4-12-25)9-3-11-24(19)18(26)14-7-8-16(23-22-14)27-15-6-2-5-13(20)17(15)21/h2,5-8,25H,3-4,9-12H2,1H3. The van der Waals surface area contributed by atoms with E-state index in [0.717, 1.165) is 19.3 Å². The molecule has 8 heteroatoms. The molecule has 1 aliphatic heterocycles. The number of rotatable bonds is 6. The molecule has 1 atom stereocenters. The lowest BCUT2D eigenvalue weighted by molar-refractivity contribution is 0.0587. The largest absolute Gasteiger partial charge is 0.436 e. The van der Waals surface area contributed by atoms with E-state index in [1.807, 2.05) is 4.90 Å². The van der Waals surface area contributed by atoms with E-state index in [9.17, 15) is 4.79 Å². The van der Waals surface area contributed by atoms with Gasteiger partial charge in [-0.2, -0.15) is 0 Å². The number of benzene rings is 1. The molecule has 2 heterocycles. The summed E-state index contributed by atoms with van der Waals surface area (Å²) in [5.41, 5.74) is 0.00185. The third-order valence-electron chi connectivity index (χ3n) is 4.86. The van der Waals surface area contributed by atoms with Crippen molar-refractivity contribution in [3.63, 3.8) is 0 Å². The average Bonchev–Trinajstić information content (AvgIpc) is 3.05. The van der Waals surface area contributed by atoms with Crippen molar-refractivity contribution in [2.75, 3.05) is 13.2 Å². The summed E-state index contributed by atoms with van der Waals surface area (Å²) in [4.78, 5) is 14.7. The van der Waals surface area contributed by atoms with Crippen LogP contribution in [0.15, 0.2) is 30.3 Å². The Morgan fingerprint density at radius 2 is 2.11 bits per heavy atom. The minimum absolute atomic E-state index is 0.121. The van der Waals surface area contributed by atoms with Crippen molar-refractivity contribution in [3.05, 3.63) is 46.1 Å². The first kappa shape index (κ1) is 19.9. The highest BCUT2D eigenvalue weighted by Crippen LogP contribution is 2.35. The van der Waals surface area contributed by atoms with Gasteiger partial charge in [-0.15, -0.1) is 10.2 Å². The Labute approximate surface area is 168 Å². The van der Waals surface area contributed by atoms with Crippen molar-refractivity contribution in [1.82, 2.24) is 15.1 Å². The average molecular weight is 410 g/mol. The first-order valence-electron chi connectivity index (χ1n) is 8.83. The molecule has 0 bridgehead atoms. The lowest BCUT2D eigenvalue weighted by Crippen LogP contribution is -2.45. The van der Waals surface area contributed by atoms with Gasteiger partial charge < -0.3 is 14.7 Å². The number of hydrogen-bond acceptors (Lipinski definition) is 5. The molecule has 144 valence electrons. The van der Waals surface area contributed by atoms with E-state index in [2.05, 4.69) is 17.1 Å². The fourth-order valence-electron chi connectivity index (χ4n) is 3.39. The van der Waals surface area contributed by atoms with Crippen LogP contribution >= 0.6 is 23.2 Å². The van der Waals surface area contributed by atoms with Crippen LogP contribution in [-0.4, -0.2) is 44.8 Å². The van der Waals surface area contributed by atoms with Crippen molar-refractivity contribution >= 4 is 29.1 Å². The van der Waals surface area contributed by atoms with Crippen LogP contribution < -0.4 is 4.74 Å². The van der Waals surface area contributed by atoms with Gasteiger partial charge in [0, 0.05) is 24.8 Å². The summed E-state index contributed by atoms with van der Waals surface area (Å²) in [6, 6.07) is 8.22. The lowest BCUT2D eigenvalue weighted by Gasteiger charge is -2.35. The second-order valence-corrected chi connectivity index (χ2v) is 7.58. The summed E-state index contributed by atoms with van der Waals surface area (Å²) in [6.07, 6.45) is 3.28. The smallest absolute Gasteiger partial charge is 0.274 e. The number of amides is 1. The quantitative estimate of drug-likeness (QED) is 0.767. The molecular formula is C19H21Cl2N3O3. The predicted octanol–water partition coefficient (Wildman–Crippen LogP) is 4.34. The summed E-state index contributed by atoms with van der Waals surface area (Å²) in [5.74, 6) is 0.432. The third kappa shape index (κ3) is 4.34. The zero-order valence-electron chi connectivity index (χ0n) is 15.0. The molecule has 1 N–H and O–H groups in total. The van der Waals surface area contributed by atoms with Crippen LogP contribution in [0.5, 0.6) is 11.6 Å². The summed E-state index contributed by atoms with van der Waals surface area (Å²) in [5, 5.41) is 17.8. The third-order valence-corrected chi connectivity index (χ3v) is 5.66. The molecule has 1 aromatic carbocycles. The minimum Gasteiger partial charge on any atom is -0.436 e. The van der Waals surface area contributed by atoms with Gasteiger partial charge in [0.1, 0.15) is 10.8 Å². The van der Waals surface area contributed by atoms with Gasteiger partial charge in [-0.05, 0) is 50.8 Å². The first-order valence-corrected chi connectivity index (χ1v) is 9.58. The molecule has 1 aliphatic rings. The molecular weight excluding hydrogens is 389 g/mol. The van der Waals surface area contributed by atoms with Crippen LogP contribution in [0.1, 0.15) is 43.1 Å². The van der Waals surface area contributed by atoms with Gasteiger partial charge in [0.15, 0.2) is 5.69 Å². The molecule has 2 aromatic rings. The Morgan fingerprint density at radius 1 is 1.30 bits per heavy atom. The Balaban J connectivity index is 1.73. The number of aliphatic hydroxyl groups is 1. The van der Waals surface area contributed by atoms with Crippen LogP contribution in [0.4, 0.5) is 0 Å². The normalized spacial score (nSPS) is 19.3. The number of aromatic nitrogens is 2. The Kier molecular flexibility index (Phi) is 6.19. The van der Waals surface area contributed by atoms with Crippen LogP contribution in [-0.2, 0) is 0 Å². The van der Waals surface area contributed by atoms with E-state index in [4.69, 9.17) is 33.0 Å². The predicted molar refractivity (Wildman–Crippen MR) is 104 cm³/mol. The van der Waals surface area contributed by atoms with Crippen molar-refractivity contribution in [2.45, 2.75) is 38.1 Å². The van der Waals surface area contributed by atoms with Gasteiger partial charge in [0.25, 0.3) is 5.91 Å². The number of ether oxygens (including phenoxy) is 1. The fraction of sp³-hybridized carbons (Fsp3) is 0.421. The molecule has 6 nitrogen and oxygen atoms in total. The van der Waals surface area contributed by atoms with Crippen molar-refractivity contribution in [3.8, 4) is 11.6 Å². The van der Waals surface area contributed by atoms with E-state index in [1.54, 1.807) is 30.3 Å². The van der Waals surface area contributed by atoms with E-state index in [1.165, 1.54) is 0 Å². The number of halogens is 2. The first-order chi connectivity index (χ1) is 12.9. The zero-order chi connectivity index (χ0) is 19.4. The molecule has 1 fully saturated rings. The minimum atomic E-state index is -0.259. The highest BCUT2D eigenvalue weighted by atomic mass is 35.5. The van der Waals surface area contributed by atoms with Gasteiger partial charge in [-0.1, -0.05) is 29.3 Å². The SMILES string of the molecule is CC1(CCCO)CCCN1C(=O)c1ccc(Oc2cccc(Cl)c2Cl)nn1. The maximum absolute atomic E-state index is 12.9. The highest BCUT2D eigenvalue weighted by Gasteiger charge is 2.39. The van der Waals surface area contributed by atoms with Crippen molar-refractivity contribution in [1.29, 1.82) is 0 Å². The Morgan fingerprint density at radius 3 is 2.81 bits per heavy atom. The van der Waals surface area contributed by atoms with Gasteiger partial charge in [-0.25, -0.2) is 0 Å². The van der Waals surface area contributed by atoms with Gasteiger partial charge in [-0.3, -0.25) is 4.79 Å². The monoisotopic (exact) mass is 409 g/mol. The number of carbonyl (C=O) groups is 1. The molecule has 3 rings (SSSR count). The second kappa shape index (κ2) is 8.42. The van der Waals surface area contributed by atoms with E-state index < -0.39 is 0 Å². The van der Waals surface area contributed by atoms with Crippen LogP contribution in [0, 0.1) is 0 Å². The lowest BCUT2D eigenvalue weighted by atomic mass is 9.92. The van der Waals surface area contributed by atoms with Gasteiger partial charge >= 0.3 is 0 Å². The molecule has 1 saturated heterocycles. The maximum atomic E-state index is 12.9. The summed E-state index contributed by atoms with van der Waals surface area (Å²) < 4.78 is 5.60. The Bertz CT molecular complexity index is 816. The topological polar surface area (TPSA) is 75.5 Å². The van der Waals surface area contributed by atoms with E-state index >= 15 is 0 Å². The van der Waals surface area contributed by atoms with Crippen LogP contribution in [0.2, 0.25) is 10.0 Å². The zero-order valence-corrected chi connectivity index (χ0v) is 16.5. The summed E-state index contributed by atoms with van der Waals surface area (Å²) >= 11 is 12.1. The van der Waals surface area contributed by atoms with Crippen molar-refractivity contribution in [2.24, 2.45) is 0 Å². The number of hydrogen-bond donors (Lipinski definition) is 1. The van der Waals surface area contributed by atoms with E-state index in [0.29, 0.717) is 23.7 Å². The van der Waals surface area contributed by atoms with Gasteiger partial charge in [0.2, 0.25) is 5.88 Å². The highest BCUT2D eigenvalue weighted by molar-refractivity contribution is 6.42. The molecule has 0 spiro atoms. The number of aliphatic hydroxyl groups excluding tert-OH is 1. The second-order valence-electron chi connectivity index (χ2n) is 6.80. The van der Waals surface area contributed by atoms with E-state index in [-0.39, 0.29) is 34.6 Å². The van der Waals surface area contributed by atoms with Crippen molar-refractivity contribution < 1.29 is 14.6 Å². The summed E-state index contributed by atoms with van der Waals surface area (Å²) in [6.45, 7) is 2.86. The Hall–Kier alpha value is -1.89. The molecule has 1 aromatic heterocycles. The number of carbonyl (C=O) groups excluding carboxylic acids is 1. The fourth-order valence-corrected chi connectivity index (χ4v) is 3.72. The molecule has 1 amide bonds. The van der Waals surface area contributed by atoms with Crippen LogP contribution in [0.25, 0.3) is 0 Å². The molecule has 27 heavy (non-hydrogen) atoms. The maximum Gasteiger partial charge on any atom is 0.274 e. The summed E-state index contributed by atoms with van der Waals surface area (Å²) in [7, 11) is 0.